The number of carbonyl (C=O) groups excluding carboxylic acids is 1. The van der Waals surface area contributed by atoms with Gasteiger partial charge in [0.2, 0.25) is 5.91 Å². The topological polar surface area (TPSA) is 51.7 Å². The van der Waals surface area contributed by atoms with Gasteiger partial charge in [0.1, 0.15) is 6.61 Å². The fourth-order valence-electron chi connectivity index (χ4n) is 2.19. The minimum absolute atomic E-state index is 0.0605. The van der Waals surface area contributed by atoms with Crippen molar-refractivity contribution in [1.29, 1.82) is 0 Å². The quantitative estimate of drug-likeness (QED) is 0.776. The average molecular weight is 350 g/mol. The molecule has 0 saturated carbocycles. The van der Waals surface area contributed by atoms with Gasteiger partial charge in [0.15, 0.2) is 21.9 Å². The van der Waals surface area contributed by atoms with E-state index in [0.717, 1.165) is 21.5 Å². The number of rotatable bonds is 5. The molecule has 5 nitrogen and oxygen atoms in total. The molecule has 2 aromatic rings. The molecule has 0 saturated heterocycles. The fraction of sp³-hybridized carbons (Fsp3) is 0.375. The zero-order valence-electron chi connectivity index (χ0n) is 13.0. The Kier molecular flexibility index (Phi) is 5.07. The van der Waals surface area contributed by atoms with E-state index in [4.69, 9.17) is 9.47 Å². The number of carbonyl (C=O) groups is 1. The number of nitrogens with zero attached hydrogens (tertiary/aromatic N) is 2. The zero-order valence-corrected chi connectivity index (χ0v) is 14.7. The van der Waals surface area contributed by atoms with Gasteiger partial charge in [0, 0.05) is 18.1 Å². The monoisotopic (exact) mass is 350 g/mol. The van der Waals surface area contributed by atoms with Crippen LogP contribution in [0.25, 0.3) is 0 Å². The molecule has 3 rings (SSSR count). The Balaban J connectivity index is 1.49. The van der Waals surface area contributed by atoms with Crippen LogP contribution in [0.4, 0.5) is 0 Å². The number of thiazole rings is 1. The number of ether oxygens (including phenoxy) is 2. The Hall–Kier alpha value is -1.73. The molecule has 1 atom stereocenters. The lowest BCUT2D eigenvalue weighted by Gasteiger charge is -2.29. The normalized spacial score (nSPS) is 16.2. The third-order valence-corrected chi connectivity index (χ3v) is 5.51. The van der Waals surface area contributed by atoms with Crippen molar-refractivity contribution < 1.29 is 14.3 Å². The largest absolute Gasteiger partial charge is 0.486 e. The van der Waals surface area contributed by atoms with Crippen LogP contribution in [-0.2, 0) is 4.79 Å². The molecule has 0 N–H and O–H groups in total. The lowest BCUT2D eigenvalue weighted by atomic mass is 10.2. The Morgan fingerprint density at radius 2 is 2.22 bits per heavy atom. The van der Waals surface area contributed by atoms with E-state index in [1.807, 2.05) is 36.6 Å². The van der Waals surface area contributed by atoms with E-state index < -0.39 is 0 Å². The summed E-state index contributed by atoms with van der Waals surface area (Å²) in [5.74, 6) is 1.93. The Morgan fingerprint density at radius 1 is 1.43 bits per heavy atom. The van der Waals surface area contributed by atoms with Gasteiger partial charge in [-0.05, 0) is 19.1 Å². The second-order valence-electron chi connectivity index (χ2n) is 5.32. The van der Waals surface area contributed by atoms with Crippen molar-refractivity contribution in [3.8, 4) is 11.5 Å². The fourth-order valence-corrected chi connectivity index (χ4v) is 3.98. The number of thioether (sulfide) groups is 1. The van der Waals surface area contributed by atoms with Crippen LogP contribution in [-0.4, -0.2) is 47.8 Å². The molecular formula is C16H18N2O3S2. The van der Waals surface area contributed by atoms with E-state index in [1.54, 1.807) is 23.3 Å². The first-order chi connectivity index (χ1) is 11.1. The average Bonchev–Trinajstić information content (AvgIpc) is 2.98. The van der Waals surface area contributed by atoms with Crippen LogP contribution >= 0.6 is 23.1 Å². The molecule has 1 aliphatic heterocycles. The molecule has 0 unspecified atom stereocenters. The molecule has 0 bridgehead atoms. The van der Waals surface area contributed by atoms with E-state index in [2.05, 4.69) is 4.98 Å². The number of aromatic nitrogens is 1. The van der Waals surface area contributed by atoms with E-state index in [-0.39, 0.29) is 12.0 Å². The van der Waals surface area contributed by atoms with Gasteiger partial charge >= 0.3 is 0 Å². The Labute approximate surface area is 143 Å². The Bertz CT molecular complexity index is 689. The summed E-state index contributed by atoms with van der Waals surface area (Å²) in [5, 5.41) is 1.99. The van der Waals surface area contributed by atoms with Crippen LogP contribution in [0.15, 0.2) is 34.0 Å². The molecule has 2 heterocycles. The van der Waals surface area contributed by atoms with E-state index in [1.165, 1.54) is 11.8 Å². The van der Waals surface area contributed by atoms with Crippen LogP contribution in [0, 0.1) is 6.92 Å². The first-order valence-corrected chi connectivity index (χ1v) is 9.15. The second kappa shape index (κ2) is 7.23. The van der Waals surface area contributed by atoms with Gasteiger partial charge in [0.05, 0.1) is 12.3 Å². The summed E-state index contributed by atoms with van der Waals surface area (Å²) < 4.78 is 12.5. The number of fused-ring (bicyclic) bond motifs is 1. The highest BCUT2D eigenvalue weighted by Gasteiger charge is 2.23. The predicted molar refractivity (Wildman–Crippen MR) is 91.6 cm³/mol. The lowest BCUT2D eigenvalue weighted by Crippen LogP contribution is -2.42. The van der Waals surface area contributed by atoms with Crippen LogP contribution < -0.4 is 9.47 Å². The van der Waals surface area contributed by atoms with Gasteiger partial charge in [-0.3, -0.25) is 4.79 Å². The van der Waals surface area contributed by atoms with Crippen molar-refractivity contribution in [3.63, 3.8) is 0 Å². The maximum atomic E-state index is 12.2. The summed E-state index contributed by atoms with van der Waals surface area (Å²) in [6.45, 7) is 2.91. The second-order valence-corrected chi connectivity index (χ2v) is 7.40. The van der Waals surface area contributed by atoms with Crippen LogP contribution in [0.1, 0.15) is 5.69 Å². The summed E-state index contributed by atoms with van der Waals surface area (Å²) in [6.07, 6.45) is -0.147. The molecule has 0 radical (unpaired) electrons. The number of benzene rings is 1. The number of hydrogen-bond donors (Lipinski definition) is 0. The maximum absolute atomic E-state index is 12.2. The van der Waals surface area contributed by atoms with Crippen LogP contribution in [0.5, 0.6) is 11.5 Å². The molecule has 0 aliphatic carbocycles. The summed E-state index contributed by atoms with van der Waals surface area (Å²) in [7, 11) is 1.79. The Morgan fingerprint density at radius 3 is 2.96 bits per heavy atom. The van der Waals surface area contributed by atoms with E-state index in [9.17, 15) is 4.79 Å². The number of likely N-dealkylation sites (N-methyl/N-ethyl adjacent to an activating group) is 1. The lowest BCUT2D eigenvalue weighted by molar-refractivity contribution is -0.128. The maximum Gasteiger partial charge on any atom is 0.232 e. The third-order valence-electron chi connectivity index (χ3n) is 3.39. The molecule has 7 heteroatoms. The highest BCUT2D eigenvalue weighted by atomic mass is 32.2. The van der Waals surface area contributed by atoms with E-state index >= 15 is 0 Å². The number of aryl methyl sites for hydroxylation is 1. The summed E-state index contributed by atoms with van der Waals surface area (Å²) >= 11 is 3.04. The van der Waals surface area contributed by atoms with Crippen molar-refractivity contribution in [2.24, 2.45) is 0 Å². The summed E-state index contributed by atoms with van der Waals surface area (Å²) in [4.78, 5) is 18.3. The molecule has 0 spiro atoms. The molecule has 122 valence electrons. The minimum atomic E-state index is -0.147. The van der Waals surface area contributed by atoms with Crippen molar-refractivity contribution in [2.45, 2.75) is 17.4 Å². The van der Waals surface area contributed by atoms with Gasteiger partial charge in [0.25, 0.3) is 0 Å². The summed E-state index contributed by atoms with van der Waals surface area (Å²) in [6, 6.07) is 7.58. The molecule has 1 aromatic heterocycles. The highest BCUT2D eigenvalue weighted by molar-refractivity contribution is 8.01. The van der Waals surface area contributed by atoms with Gasteiger partial charge in [-0.25, -0.2) is 4.98 Å². The van der Waals surface area contributed by atoms with Crippen molar-refractivity contribution >= 4 is 29.0 Å². The summed E-state index contributed by atoms with van der Waals surface area (Å²) in [5.41, 5.74) is 0.990. The van der Waals surface area contributed by atoms with Crippen molar-refractivity contribution in [1.82, 2.24) is 9.88 Å². The smallest absolute Gasteiger partial charge is 0.232 e. The van der Waals surface area contributed by atoms with E-state index in [0.29, 0.717) is 18.9 Å². The van der Waals surface area contributed by atoms with Crippen molar-refractivity contribution in [3.05, 3.63) is 35.3 Å². The molecule has 0 fully saturated rings. The molecule has 1 aromatic carbocycles. The first-order valence-electron chi connectivity index (χ1n) is 7.29. The predicted octanol–water partition coefficient (Wildman–Crippen LogP) is 2.84. The van der Waals surface area contributed by atoms with Crippen LogP contribution in [0.3, 0.4) is 0 Å². The molecule has 23 heavy (non-hydrogen) atoms. The number of para-hydroxylation sites is 2. The third kappa shape index (κ3) is 4.17. The molecular weight excluding hydrogens is 332 g/mol. The van der Waals surface area contributed by atoms with Gasteiger partial charge in [-0.15, -0.1) is 11.3 Å². The molecule has 1 aliphatic rings. The zero-order chi connectivity index (χ0) is 16.2. The number of hydrogen-bond acceptors (Lipinski definition) is 6. The van der Waals surface area contributed by atoms with Crippen molar-refractivity contribution in [2.75, 3.05) is 26.0 Å². The standard InChI is InChI=1S/C16H18N2O3S2/c1-11-9-22-16(17-11)23-10-15(19)18(2)7-12-8-20-13-5-3-4-6-14(13)21-12/h3-6,9,12H,7-8,10H2,1-2H3/t12-/m1/s1. The SMILES string of the molecule is Cc1csc(SCC(=O)N(C)C[C@@H]2COc3ccccc3O2)n1. The minimum Gasteiger partial charge on any atom is -0.486 e. The number of amides is 1. The van der Waals surface area contributed by atoms with Crippen LogP contribution in [0.2, 0.25) is 0 Å². The van der Waals surface area contributed by atoms with Gasteiger partial charge < -0.3 is 14.4 Å². The van der Waals surface area contributed by atoms with Gasteiger partial charge in [-0.2, -0.15) is 0 Å². The van der Waals surface area contributed by atoms with Gasteiger partial charge in [-0.1, -0.05) is 23.9 Å². The highest BCUT2D eigenvalue weighted by Crippen LogP contribution is 2.31. The first kappa shape index (κ1) is 16.1. The molecule has 1 amide bonds.